The second-order valence-corrected chi connectivity index (χ2v) is 7.05. The Morgan fingerprint density at radius 2 is 1.86 bits per heavy atom. The zero-order valence-corrected chi connectivity index (χ0v) is 12.7. The van der Waals surface area contributed by atoms with E-state index in [9.17, 15) is 8.42 Å². The van der Waals surface area contributed by atoms with Gasteiger partial charge in [0, 0.05) is 38.1 Å². The number of benzene rings is 1. The highest BCUT2D eigenvalue weighted by Crippen LogP contribution is 2.23. The summed E-state index contributed by atoms with van der Waals surface area (Å²) in [6.07, 6.45) is 2.77. The van der Waals surface area contributed by atoms with Crippen LogP contribution in [0.15, 0.2) is 41.6 Å². The fourth-order valence-electron chi connectivity index (χ4n) is 2.62. The monoisotopic (exact) mass is 306 g/mol. The quantitative estimate of drug-likeness (QED) is 0.926. The first-order chi connectivity index (χ1) is 10.1. The molecule has 2 heterocycles. The second kappa shape index (κ2) is 5.50. The van der Waals surface area contributed by atoms with Crippen LogP contribution in [-0.2, 0) is 10.0 Å². The van der Waals surface area contributed by atoms with Gasteiger partial charge >= 0.3 is 0 Å². The van der Waals surface area contributed by atoms with Crippen LogP contribution in [0.4, 0.5) is 5.69 Å². The number of aromatic amines is 1. The molecule has 3 rings (SSSR count). The third-order valence-corrected chi connectivity index (χ3v) is 5.67. The predicted molar refractivity (Wildman–Crippen MR) is 80.7 cm³/mol. The molecule has 0 amide bonds. The van der Waals surface area contributed by atoms with Crippen LogP contribution in [0.1, 0.15) is 5.56 Å². The zero-order chi connectivity index (χ0) is 14.9. The number of nitrogens with one attached hydrogen (secondary N) is 1. The van der Waals surface area contributed by atoms with E-state index < -0.39 is 10.0 Å². The number of aryl methyl sites for hydroxylation is 1. The maximum Gasteiger partial charge on any atom is 0.246 e. The molecule has 0 saturated carbocycles. The van der Waals surface area contributed by atoms with E-state index in [2.05, 4.69) is 34.2 Å². The number of H-pyrrole nitrogens is 1. The van der Waals surface area contributed by atoms with Gasteiger partial charge in [-0.05, 0) is 18.6 Å². The smallest absolute Gasteiger partial charge is 0.246 e. The van der Waals surface area contributed by atoms with Crippen molar-refractivity contribution in [2.75, 3.05) is 31.1 Å². The number of aromatic nitrogens is 2. The molecule has 0 bridgehead atoms. The summed E-state index contributed by atoms with van der Waals surface area (Å²) < 4.78 is 26.3. The van der Waals surface area contributed by atoms with Crippen LogP contribution in [0.2, 0.25) is 0 Å². The summed E-state index contributed by atoms with van der Waals surface area (Å²) in [5, 5.41) is 6.27. The van der Waals surface area contributed by atoms with Crippen LogP contribution < -0.4 is 4.90 Å². The summed E-state index contributed by atoms with van der Waals surface area (Å²) >= 11 is 0. The number of rotatable bonds is 3. The van der Waals surface area contributed by atoms with Crippen LogP contribution in [0.3, 0.4) is 0 Å². The van der Waals surface area contributed by atoms with Crippen molar-refractivity contribution >= 4 is 15.7 Å². The van der Waals surface area contributed by atoms with Crippen molar-refractivity contribution in [1.29, 1.82) is 0 Å². The number of nitrogens with zero attached hydrogens (tertiary/aromatic N) is 3. The summed E-state index contributed by atoms with van der Waals surface area (Å²) in [4.78, 5) is 2.46. The van der Waals surface area contributed by atoms with Gasteiger partial charge in [0.15, 0.2) is 0 Å². The Kier molecular flexibility index (Phi) is 3.69. The van der Waals surface area contributed by atoms with E-state index in [-0.39, 0.29) is 4.90 Å². The van der Waals surface area contributed by atoms with Gasteiger partial charge in [0.2, 0.25) is 10.0 Å². The molecule has 21 heavy (non-hydrogen) atoms. The molecule has 1 fully saturated rings. The molecular formula is C14H18N4O2S. The normalized spacial score (nSPS) is 17.1. The van der Waals surface area contributed by atoms with Crippen molar-refractivity contribution in [2.24, 2.45) is 0 Å². The van der Waals surface area contributed by atoms with Crippen LogP contribution >= 0.6 is 0 Å². The lowest BCUT2D eigenvalue weighted by molar-refractivity contribution is 0.385. The molecule has 1 aromatic carbocycles. The lowest BCUT2D eigenvalue weighted by Crippen LogP contribution is -2.48. The lowest BCUT2D eigenvalue weighted by Gasteiger charge is -2.35. The standard InChI is InChI=1S/C14H18N4O2S/c1-12-4-2-3-5-14(12)17-6-8-18(9-7-17)21(19,20)13-10-15-16-11-13/h2-5,10-11H,6-9H2,1H3,(H,15,16). The Morgan fingerprint density at radius 3 is 2.48 bits per heavy atom. The topological polar surface area (TPSA) is 69.3 Å². The number of hydrogen-bond donors (Lipinski definition) is 1. The van der Waals surface area contributed by atoms with E-state index >= 15 is 0 Å². The van der Waals surface area contributed by atoms with Crippen molar-refractivity contribution in [3.63, 3.8) is 0 Å². The van der Waals surface area contributed by atoms with Gasteiger partial charge in [0.25, 0.3) is 0 Å². The Bertz CT molecular complexity index is 704. The van der Waals surface area contributed by atoms with Gasteiger partial charge in [-0.15, -0.1) is 0 Å². The largest absolute Gasteiger partial charge is 0.369 e. The van der Waals surface area contributed by atoms with Crippen molar-refractivity contribution in [2.45, 2.75) is 11.8 Å². The van der Waals surface area contributed by atoms with Crippen LogP contribution in [-0.4, -0.2) is 49.1 Å². The summed E-state index contributed by atoms with van der Waals surface area (Å²) in [5.74, 6) is 0. The molecular weight excluding hydrogens is 288 g/mol. The fraction of sp³-hybridized carbons (Fsp3) is 0.357. The zero-order valence-electron chi connectivity index (χ0n) is 11.9. The third kappa shape index (κ3) is 2.66. The second-order valence-electron chi connectivity index (χ2n) is 5.11. The average molecular weight is 306 g/mol. The molecule has 0 unspecified atom stereocenters. The number of anilines is 1. The van der Waals surface area contributed by atoms with Crippen LogP contribution in [0.5, 0.6) is 0 Å². The first-order valence-electron chi connectivity index (χ1n) is 6.88. The number of para-hydroxylation sites is 1. The van der Waals surface area contributed by atoms with E-state index in [0.29, 0.717) is 26.2 Å². The van der Waals surface area contributed by atoms with Crippen molar-refractivity contribution in [3.8, 4) is 0 Å². The molecule has 1 aliphatic heterocycles. The van der Waals surface area contributed by atoms with Gasteiger partial charge in [-0.2, -0.15) is 9.40 Å². The Hall–Kier alpha value is -1.86. The molecule has 7 heteroatoms. The predicted octanol–water partition coefficient (Wildman–Crippen LogP) is 1.23. The van der Waals surface area contributed by atoms with Crippen molar-refractivity contribution in [1.82, 2.24) is 14.5 Å². The third-order valence-electron chi connectivity index (χ3n) is 3.81. The van der Waals surface area contributed by atoms with Gasteiger partial charge in [-0.1, -0.05) is 18.2 Å². The summed E-state index contributed by atoms with van der Waals surface area (Å²) in [6, 6.07) is 8.18. The molecule has 0 radical (unpaired) electrons. The molecule has 1 aliphatic rings. The van der Waals surface area contributed by atoms with Crippen molar-refractivity contribution < 1.29 is 8.42 Å². The number of sulfonamides is 1. The average Bonchev–Trinajstić information content (AvgIpc) is 3.03. The maximum atomic E-state index is 12.4. The lowest BCUT2D eigenvalue weighted by atomic mass is 10.1. The van der Waals surface area contributed by atoms with Gasteiger partial charge in [0.1, 0.15) is 4.90 Å². The molecule has 0 spiro atoms. The molecule has 1 saturated heterocycles. The van der Waals surface area contributed by atoms with Gasteiger partial charge in [-0.3, -0.25) is 5.10 Å². The molecule has 112 valence electrons. The number of piperazine rings is 1. The van der Waals surface area contributed by atoms with E-state index in [4.69, 9.17) is 0 Å². The summed E-state index contributed by atoms with van der Waals surface area (Å²) in [5.41, 5.74) is 2.39. The highest BCUT2D eigenvalue weighted by Gasteiger charge is 2.29. The highest BCUT2D eigenvalue weighted by atomic mass is 32.2. The minimum absolute atomic E-state index is 0.229. The summed E-state index contributed by atoms with van der Waals surface area (Å²) in [7, 11) is -3.42. The number of hydrogen-bond acceptors (Lipinski definition) is 4. The molecule has 0 atom stereocenters. The van der Waals surface area contributed by atoms with E-state index in [1.165, 1.54) is 27.9 Å². The van der Waals surface area contributed by atoms with E-state index in [1.807, 2.05) is 12.1 Å². The fourth-order valence-corrected chi connectivity index (χ4v) is 3.95. The van der Waals surface area contributed by atoms with E-state index in [1.54, 1.807) is 0 Å². The minimum Gasteiger partial charge on any atom is -0.369 e. The maximum absolute atomic E-state index is 12.4. The molecule has 1 N–H and O–H groups in total. The van der Waals surface area contributed by atoms with Gasteiger partial charge < -0.3 is 4.90 Å². The molecule has 0 aliphatic carbocycles. The van der Waals surface area contributed by atoms with Gasteiger partial charge in [-0.25, -0.2) is 8.42 Å². The Balaban J connectivity index is 1.73. The molecule has 6 nitrogen and oxygen atoms in total. The summed E-state index contributed by atoms with van der Waals surface area (Å²) in [6.45, 7) is 4.44. The Morgan fingerprint density at radius 1 is 1.14 bits per heavy atom. The van der Waals surface area contributed by atoms with Gasteiger partial charge in [0.05, 0.1) is 6.20 Å². The molecule has 1 aromatic heterocycles. The van der Waals surface area contributed by atoms with Crippen LogP contribution in [0, 0.1) is 6.92 Å². The van der Waals surface area contributed by atoms with Crippen LogP contribution in [0.25, 0.3) is 0 Å². The first kappa shape index (κ1) is 14.1. The van der Waals surface area contributed by atoms with E-state index in [0.717, 1.165) is 0 Å². The highest BCUT2D eigenvalue weighted by molar-refractivity contribution is 7.89. The van der Waals surface area contributed by atoms with Crippen molar-refractivity contribution in [3.05, 3.63) is 42.2 Å². The molecule has 2 aromatic rings. The Labute approximate surface area is 124 Å². The first-order valence-corrected chi connectivity index (χ1v) is 8.32. The SMILES string of the molecule is Cc1ccccc1N1CCN(S(=O)(=O)c2cn[nH]c2)CC1. The minimum atomic E-state index is -3.42.